The highest BCUT2D eigenvalue weighted by molar-refractivity contribution is 6.34. The molecule has 0 spiro atoms. The minimum atomic E-state index is -0.940. The van der Waals surface area contributed by atoms with Crippen LogP contribution >= 0.6 is 11.6 Å². The number of hydrogen-bond acceptors (Lipinski definition) is 4. The maximum Gasteiger partial charge on any atom is 0.408 e. The molecule has 2 rings (SSSR count). The van der Waals surface area contributed by atoms with Gasteiger partial charge in [0.05, 0.1) is 10.7 Å². The molecule has 7 nitrogen and oxygen atoms in total. The summed E-state index contributed by atoms with van der Waals surface area (Å²) in [5.41, 5.74) is 3.30. The van der Waals surface area contributed by atoms with E-state index in [1.54, 1.807) is 31.7 Å². The summed E-state index contributed by atoms with van der Waals surface area (Å²) in [6.07, 6.45) is 3.43. The summed E-state index contributed by atoms with van der Waals surface area (Å²) >= 11 is 6.50. The van der Waals surface area contributed by atoms with Crippen LogP contribution in [0.1, 0.15) is 102 Å². The number of unbranched alkanes of at least 4 members (excludes halogenated alkanes) is 3. The van der Waals surface area contributed by atoms with Gasteiger partial charge < -0.3 is 20.3 Å². The molecule has 3 amide bonds. The fourth-order valence-corrected chi connectivity index (χ4v) is 5.19. The highest BCUT2D eigenvalue weighted by Gasteiger charge is 2.37. The van der Waals surface area contributed by atoms with Crippen LogP contribution in [0.4, 0.5) is 10.5 Å². The molecule has 0 fully saturated rings. The first-order chi connectivity index (χ1) is 19.7. The quantitative estimate of drug-likeness (QED) is 0.227. The van der Waals surface area contributed by atoms with Gasteiger partial charge in [-0.3, -0.25) is 9.59 Å². The van der Waals surface area contributed by atoms with Gasteiger partial charge in [0, 0.05) is 6.54 Å². The maximum absolute atomic E-state index is 14.5. The number of hydrogen-bond donors (Lipinski definition) is 2. The van der Waals surface area contributed by atoms with Gasteiger partial charge in [-0.2, -0.15) is 0 Å². The van der Waals surface area contributed by atoms with Gasteiger partial charge in [0.15, 0.2) is 0 Å². The van der Waals surface area contributed by atoms with Crippen LogP contribution in [0, 0.1) is 26.7 Å². The predicted molar refractivity (Wildman–Crippen MR) is 172 cm³/mol. The van der Waals surface area contributed by atoms with E-state index in [1.807, 2.05) is 65.0 Å². The van der Waals surface area contributed by atoms with E-state index < -0.39 is 23.8 Å². The third-order valence-electron chi connectivity index (χ3n) is 7.20. The molecular weight excluding hydrogens is 550 g/mol. The number of rotatable bonds is 13. The molecule has 232 valence electrons. The second-order valence-electron chi connectivity index (χ2n) is 12.5. The molecule has 8 heteroatoms. The Labute approximate surface area is 257 Å². The van der Waals surface area contributed by atoms with E-state index in [-0.39, 0.29) is 17.7 Å². The molecular formula is C34H50ClN3O4. The van der Waals surface area contributed by atoms with Gasteiger partial charge in [0.2, 0.25) is 5.91 Å². The first-order valence-corrected chi connectivity index (χ1v) is 15.5. The Bertz CT molecular complexity index is 1200. The van der Waals surface area contributed by atoms with Gasteiger partial charge >= 0.3 is 6.09 Å². The Morgan fingerprint density at radius 3 is 2.19 bits per heavy atom. The Morgan fingerprint density at radius 1 is 0.952 bits per heavy atom. The highest BCUT2D eigenvalue weighted by atomic mass is 35.5. The number of anilines is 1. The van der Waals surface area contributed by atoms with Crippen LogP contribution in [0.2, 0.25) is 5.02 Å². The third-order valence-corrected chi connectivity index (χ3v) is 7.52. The van der Waals surface area contributed by atoms with Gasteiger partial charge in [-0.1, -0.05) is 82.0 Å². The normalized spacial score (nSPS) is 12.9. The molecule has 2 N–H and O–H groups in total. The number of nitrogens with zero attached hydrogens (tertiary/aromatic N) is 1. The summed E-state index contributed by atoms with van der Waals surface area (Å²) in [5.74, 6) is -0.568. The Morgan fingerprint density at radius 2 is 1.60 bits per heavy atom. The van der Waals surface area contributed by atoms with Gasteiger partial charge in [-0.15, -0.1) is 0 Å². The van der Waals surface area contributed by atoms with Crippen LogP contribution in [-0.4, -0.2) is 41.0 Å². The van der Waals surface area contributed by atoms with Crippen LogP contribution in [0.25, 0.3) is 0 Å². The number of alkyl carbamates (subject to hydrolysis) is 1. The van der Waals surface area contributed by atoms with Crippen LogP contribution in [0.3, 0.4) is 0 Å². The number of nitrogens with one attached hydrogen (secondary N) is 2. The first-order valence-electron chi connectivity index (χ1n) is 15.1. The van der Waals surface area contributed by atoms with E-state index >= 15 is 0 Å². The zero-order valence-electron chi connectivity index (χ0n) is 26.9. The average Bonchev–Trinajstić information content (AvgIpc) is 2.88. The number of para-hydroxylation sites is 1. The summed E-state index contributed by atoms with van der Waals surface area (Å²) in [4.78, 5) is 43.3. The second-order valence-corrected chi connectivity index (χ2v) is 12.9. The number of carbonyl (C=O) groups is 3. The van der Waals surface area contributed by atoms with Crippen molar-refractivity contribution in [3.63, 3.8) is 0 Å². The summed E-state index contributed by atoms with van der Waals surface area (Å²) in [7, 11) is 0. The fourth-order valence-electron chi connectivity index (χ4n) is 4.92. The van der Waals surface area contributed by atoms with E-state index in [1.165, 1.54) is 0 Å². The molecule has 0 saturated carbocycles. The molecule has 2 unspecified atom stereocenters. The number of aryl methyl sites for hydroxylation is 2. The van der Waals surface area contributed by atoms with Crippen LogP contribution in [0.15, 0.2) is 36.4 Å². The van der Waals surface area contributed by atoms with E-state index in [9.17, 15) is 14.4 Å². The molecule has 0 heterocycles. The zero-order chi connectivity index (χ0) is 31.6. The predicted octanol–water partition coefficient (Wildman–Crippen LogP) is 8.29. The molecule has 2 atom stereocenters. The molecule has 42 heavy (non-hydrogen) atoms. The zero-order valence-corrected chi connectivity index (χ0v) is 27.7. The van der Waals surface area contributed by atoms with E-state index in [4.69, 9.17) is 16.3 Å². The first kappa shape index (κ1) is 35.1. The Balaban J connectivity index is 2.64. The number of benzene rings is 2. The lowest BCUT2D eigenvalue weighted by molar-refractivity contribution is -0.141. The van der Waals surface area contributed by atoms with Crippen molar-refractivity contribution in [2.24, 2.45) is 5.92 Å². The number of amides is 3. The van der Waals surface area contributed by atoms with Gasteiger partial charge in [-0.25, -0.2) is 4.79 Å². The van der Waals surface area contributed by atoms with Crippen molar-refractivity contribution < 1.29 is 19.1 Å². The van der Waals surface area contributed by atoms with Crippen molar-refractivity contribution in [2.75, 3.05) is 11.9 Å². The maximum atomic E-state index is 14.5. The summed E-state index contributed by atoms with van der Waals surface area (Å²) in [5, 5.41) is 6.28. The smallest absolute Gasteiger partial charge is 0.408 e. The van der Waals surface area contributed by atoms with Gasteiger partial charge in [0.1, 0.15) is 17.7 Å². The van der Waals surface area contributed by atoms with Gasteiger partial charge in [-0.05, 0) is 88.6 Å². The summed E-state index contributed by atoms with van der Waals surface area (Å²) in [6, 6.07) is 9.43. The Kier molecular flexibility index (Phi) is 13.4. The second kappa shape index (κ2) is 16.0. The molecule has 0 aliphatic heterocycles. The van der Waals surface area contributed by atoms with Crippen molar-refractivity contribution >= 4 is 35.2 Å². The van der Waals surface area contributed by atoms with Crippen LogP contribution in [0.5, 0.6) is 0 Å². The topological polar surface area (TPSA) is 87.7 Å². The summed E-state index contributed by atoms with van der Waals surface area (Å²) in [6.45, 7) is 17.7. The highest BCUT2D eigenvalue weighted by Crippen LogP contribution is 2.32. The number of ether oxygens (including phenoxy) is 1. The minimum Gasteiger partial charge on any atom is -0.444 e. The molecule has 2 aromatic rings. The van der Waals surface area contributed by atoms with Crippen LogP contribution in [-0.2, 0) is 14.3 Å². The largest absolute Gasteiger partial charge is 0.444 e. The molecule has 2 aromatic carbocycles. The van der Waals surface area contributed by atoms with Crippen molar-refractivity contribution in [1.29, 1.82) is 0 Å². The lowest BCUT2D eigenvalue weighted by Gasteiger charge is -2.36. The molecule has 0 aliphatic carbocycles. The fraction of sp³-hybridized carbons (Fsp3) is 0.559. The van der Waals surface area contributed by atoms with E-state index in [0.717, 1.165) is 47.9 Å². The SMILES string of the molecule is CCCCCCN(C(=O)C(CC(C)C)NC(=O)OC(C)(C)C)C(C(=O)Nc1c(C)cccc1Cl)c1cccc(C)c1C. The average molecular weight is 600 g/mol. The molecule has 0 aliphatic rings. The minimum absolute atomic E-state index is 0.106. The molecule has 0 aromatic heterocycles. The molecule has 0 saturated heterocycles. The number of halogens is 1. The molecule has 0 bridgehead atoms. The monoisotopic (exact) mass is 599 g/mol. The lowest BCUT2D eigenvalue weighted by atomic mass is 9.93. The third kappa shape index (κ3) is 10.3. The standard InChI is InChI=1S/C34H50ClN3O4/c1-10-11-12-13-20-38(32(40)28(21-22(2)3)36-33(41)42-34(7,8)9)30(26-18-14-16-23(4)25(26)6)31(39)37-29-24(5)17-15-19-27(29)35/h14-19,22,28,30H,10-13,20-21H2,1-9H3,(H,36,41)(H,37,39). The Hall–Kier alpha value is -3.06. The van der Waals surface area contributed by atoms with Crippen LogP contribution < -0.4 is 10.6 Å². The van der Waals surface area contributed by atoms with E-state index in [2.05, 4.69) is 17.6 Å². The van der Waals surface area contributed by atoms with E-state index in [0.29, 0.717) is 23.7 Å². The number of carbonyl (C=O) groups excluding carboxylic acids is 3. The van der Waals surface area contributed by atoms with Gasteiger partial charge in [0.25, 0.3) is 5.91 Å². The van der Waals surface area contributed by atoms with Crippen molar-refractivity contribution in [3.05, 3.63) is 63.7 Å². The molecule has 0 radical (unpaired) electrons. The lowest BCUT2D eigenvalue weighted by Crippen LogP contribution is -2.53. The van der Waals surface area contributed by atoms with Crippen molar-refractivity contribution in [2.45, 2.75) is 112 Å². The summed E-state index contributed by atoms with van der Waals surface area (Å²) < 4.78 is 5.51. The van der Waals surface area contributed by atoms with Crippen molar-refractivity contribution in [1.82, 2.24) is 10.2 Å². The van der Waals surface area contributed by atoms with Crippen molar-refractivity contribution in [3.8, 4) is 0 Å².